The fraction of sp³-hybridized carbons (Fsp3) is 0.143. The molecule has 1 unspecified atom stereocenters. The maximum Gasteiger partial charge on any atom is 0.126 e. The first-order valence-corrected chi connectivity index (χ1v) is 5.53. The number of halogens is 4. The van der Waals surface area contributed by atoms with Crippen LogP contribution in [0.2, 0.25) is 0 Å². The molecule has 0 aromatic heterocycles. The lowest BCUT2D eigenvalue weighted by Gasteiger charge is -2.11. The van der Waals surface area contributed by atoms with Crippen molar-refractivity contribution in [3.05, 3.63) is 70.8 Å². The Kier molecular flexibility index (Phi) is 3.85. The average molecular weight is 270 g/mol. The molecule has 0 saturated heterocycles. The van der Waals surface area contributed by atoms with Gasteiger partial charge in [-0.3, -0.25) is 0 Å². The second-order valence-corrected chi connectivity index (χ2v) is 4.20. The number of aliphatic hydroxyl groups is 1. The molecule has 0 fully saturated rings. The largest absolute Gasteiger partial charge is 0.388 e. The van der Waals surface area contributed by atoms with E-state index in [0.717, 1.165) is 24.3 Å². The van der Waals surface area contributed by atoms with Crippen LogP contribution in [-0.2, 0) is 6.42 Å². The van der Waals surface area contributed by atoms with Crippen LogP contribution >= 0.6 is 0 Å². The second-order valence-electron chi connectivity index (χ2n) is 4.20. The Hall–Kier alpha value is -1.88. The molecule has 2 aromatic carbocycles. The third kappa shape index (κ3) is 3.54. The van der Waals surface area contributed by atoms with E-state index < -0.39 is 29.4 Å². The van der Waals surface area contributed by atoms with Gasteiger partial charge in [0.1, 0.15) is 23.3 Å². The smallest absolute Gasteiger partial charge is 0.126 e. The Balaban J connectivity index is 2.22. The summed E-state index contributed by atoms with van der Waals surface area (Å²) in [5, 5.41) is 9.83. The Morgan fingerprint density at radius 1 is 0.737 bits per heavy atom. The molecule has 0 aliphatic heterocycles. The lowest BCUT2D eigenvalue weighted by molar-refractivity contribution is 0.177. The maximum absolute atomic E-state index is 13.0. The summed E-state index contributed by atoms with van der Waals surface area (Å²) in [6.07, 6.45) is -1.39. The van der Waals surface area contributed by atoms with Gasteiger partial charge in [0, 0.05) is 18.6 Å². The van der Waals surface area contributed by atoms with Gasteiger partial charge in [-0.25, -0.2) is 17.6 Å². The van der Waals surface area contributed by atoms with Gasteiger partial charge in [-0.15, -0.1) is 0 Å². The highest BCUT2D eigenvalue weighted by Crippen LogP contribution is 2.21. The van der Waals surface area contributed by atoms with Crippen LogP contribution in [0.15, 0.2) is 36.4 Å². The summed E-state index contributed by atoms with van der Waals surface area (Å²) in [6, 6.07) is 5.45. The highest BCUT2D eigenvalue weighted by molar-refractivity contribution is 5.24. The summed E-state index contributed by atoms with van der Waals surface area (Å²) >= 11 is 0. The maximum atomic E-state index is 13.0. The first kappa shape index (κ1) is 13.5. The zero-order chi connectivity index (χ0) is 14.0. The van der Waals surface area contributed by atoms with E-state index in [1.54, 1.807) is 0 Å². The highest BCUT2D eigenvalue weighted by atomic mass is 19.1. The summed E-state index contributed by atoms with van der Waals surface area (Å²) in [5.41, 5.74) is 0.219. The van der Waals surface area contributed by atoms with Crippen molar-refractivity contribution >= 4 is 0 Å². The molecule has 5 heteroatoms. The topological polar surface area (TPSA) is 20.2 Å². The molecule has 0 bridgehead atoms. The van der Waals surface area contributed by atoms with E-state index in [1.165, 1.54) is 0 Å². The van der Waals surface area contributed by atoms with Crippen LogP contribution in [0.5, 0.6) is 0 Å². The minimum Gasteiger partial charge on any atom is -0.388 e. The standard InChI is InChI=1S/C14H10F4O/c15-10-1-8(2-11(16)6-10)3-14(19)9-4-12(17)7-13(18)5-9/h1-2,4-7,14,19H,3H2. The van der Waals surface area contributed by atoms with Crippen LogP contribution in [0.25, 0.3) is 0 Å². The van der Waals surface area contributed by atoms with Gasteiger partial charge in [0.25, 0.3) is 0 Å². The summed E-state index contributed by atoms with van der Waals surface area (Å²) in [7, 11) is 0. The lowest BCUT2D eigenvalue weighted by Crippen LogP contribution is -2.04. The molecule has 100 valence electrons. The van der Waals surface area contributed by atoms with Crippen LogP contribution < -0.4 is 0 Å². The van der Waals surface area contributed by atoms with Gasteiger partial charge in [-0.1, -0.05) is 0 Å². The van der Waals surface area contributed by atoms with Crippen molar-refractivity contribution in [1.82, 2.24) is 0 Å². The zero-order valence-electron chi connectivity index (χ0n) is 9.71. The number of hydrogen-bond donors (Lipinski definition) is 1. The Bertz CT molecular complexity index is 557. The van der Waals surface area contributed by atoms with Crippen molar-refractivity contribution in [3.63, 3.8) is 0 Å². The fourth-order valence-electron chi connectivity index (χ4n) is 1.84. The molecule has 1 atom stereocenters. The van der Waals surface area contributed by atoms with Crippen molar-refractivity contribution in [2.45, 2.75) is 12.5 Å². The monoisotopic (exact) mass is 270 g/mol. The first-order valence-electron chi connectivity index (χ1n) is 5.53. The van der Waals surface area contributed by atoms with Gasteiger partial charge in [0.15, 0.2) is 0 Å². The Labute approximate surface area is 107 Å². The quantitative estimate of drug-likeness (QED) is 0.846. The molecule has 19 heavy (non-hydrogen) atoms. The van der Waals surface area contributed by atoms with Crippen molar-refractivity contribution < 1.29 is 22.7 Å². The molecule has 0 spiro atoms. The molecule has 1 N–H and O–H groups in total. The van der Waals surface area contributed by atoms with Crippen LogP contribution in [0.3, 0.4) is 0 Å². The van der Waals surface area contributed by atoms with Gasteiger partial charge >= 0.3 is 0 Å². The van der Waals surface area contributed by atoms with Crippen molar-refractivity contribution in [1.29, 1.82) is 0 Å². The molecular weight excluding hydrogens is 260 g/mol. The summed E-state index contributed by atoms with van der Waals surface area (Å²) in [4.78, 5) is 0. The third-order valence-corrected chi connectivity index (χ3v) is 2.62. The van der Waals surface area contributed by atoms with E-state index in [0.29, 0.717) is 12.1 Å². The van der Waals surface area contributed by atoms with E-state index >= 15 is 0 Å². The molecule has 1 nitrogen and oxygen atoms in total. The van der Waals surface area contributed by atoms with Crippen LogP contribution in [0, 0.1) is 23.3 Å². The summed E-state index contributed by atoms with van der Waals surface area (Å²) in [5.74, 6) is -3.18. The van der Waals surface area contributed by atoms with Gasteiger partial charge in [0.2, 0.25) is 0 Å². The first-order chi connectivity index (χ1) is 8.94. The molecule has 0 heterocycles. The third-order valence-electron chi connectivity index (χ3n) is 2.62. The van der Waals surface area contributed by atoms with Gasteiger partial charge in [0.05, 0.1) is 6.10 Å². The van der Waals surface area contributed by atoms with E-state index in [9.17, 15) is 22.7 Å². The molecular formula is C14H10F4O. The molecule has 0 saturated carbocycles. The number of aliphatic hydroxyl groups excluding tert-OH is 1. The van der Waals surface area contributed by atoms with Crippen molar-refractivity contribution in [2.75, 3.05) is 0 Å². The predicted octanol–water partition coefficient (Wildman–Crippen LogP) is 3.52. The zero-order valence-corrected chi connectivity index (χ0v) is 9.71. The van der Waals surface area contributed by atoms with E-state index in [4.69, 9.17) is 0 Å². The van der Waals surface area contributed by atoms with E-state index in [1.807, 2.05) is 0 Å². The molecule has 2 aromatic rings. The molecule has 2 rings (SSSR count). The number of hydrogen-bond acceptors (Lipinski definition) is 1. The van der Waals surface area contributed by atoms with Crippen LogP contribution in [0.4, 0.5) is 17.6 Å². The lowest BCUT2D eigenvalue weighted by atomic mass is 10.0. The van der Waals surface area contributed by atoms with E-state index in [-0.39, 0.29) is 17.5 Å². The number of benzene rings is 2. The van der Waals surface area contributed by atoms with Crippen molar-refractivity contribution in [3.8, 4) is 0 Å². The molecule has 0 aliphatic rings. The SMILES string of the molecule is OC(Cc1cc(F)cc(F)c1)c1cc(F)cc(F)c1. The van der Waals surface area contributed by atoms with Crippen LogP contribution in [0.1, 0.15) is 17.2 Å². The minimum absolute atomic E-state index is 0.0159. The fourth-order valence-corrected chi connectivity index (χ4v) is 1.84. The van der Waals surface area contributed by atoms with Gasteiger partial charge in [-0.2, -0.15) is 0 Å². The van der Waals surface area contributed by atoms with Crippen molar-refractivity contribution in [2.24, 2.45) is 0 Å². The Morgan fingerprint density at radius 2 is 1.16 bits per heavy atom. The summed E-state index contributed by atoms with van der Waals surface area (Å²) in [6.45, 7) is 0. The van der Waals surface area contributed by atoms with Gasteiger partial charge in [-0.05, 0) is 35.4 Å². The molecule has 0 amide bonds. The van der Waals surface area contributed by atoms with Crippen LogP contribution in [-0.4, -0.2) is 5.11 Å². The normalized spacial score (nSPS) is 12.5. The second kappa shape index (κ2) is 5.40. The van der Waals surface area contributed by atoms with Gasteiger partial charge < -0.3 is 5.11 Å². The Morgan fingerprint density at radius 3 is 1.63 bits per heavy atom. The predicted molar refractivity (Wildman–Crippen MR) is 61.4 cm³/mol. The molecule has 0 radical (unpaired) electrons. The molecule has 0 aliphatic carbocycles. The highest BCUT2D eigenvalue weighted by Gasteiger charge is 2.12. The summed E-state index contributed by atoms with van der Waals surface area (Å²) < 4.78 is 51.9. The van der Waals surface area contributed by atoms with E-state index in [2.05, 4.69) is 0 Å². The number of rotatable bonds is 3. The average Bonchev–Trinajstić information content (AvgIpc) is 2.25. The minimum atomic E-state index is -1.24.